The van der Waals surface area contributed by atoms with E-state index in [1.165, 1.54) is 2.88 Å². The van der Waals surface area contributed by atoms with E-state index < -0.39 is 6.10 Å². The molecule has 1 atom stereocenters. The van der Waals surface area contributed by atoms with E-state index in [-0.39, 0.29) is 0 Å². The lowest BCUT2D eigenvalue weighted by Gasteiger charge is -2.10. The molecule has 0 bridgehead atoms. The summed E-state index contributed by atoms with van der Waals surface area (Å²) in [5.74, 6) is 0. The van der Waals surface area contributed by atoms with Gasteiger partial charge in [0.1, 0.15) is 0 Å². The minimum absolute atomic E-state index is 0.503. The number of aliphatic hydroxyl groups is 1. The fraction of sp³-hybridized carbons (Fsp3) is 0.167. The summed E-state index contributed by atoms with van der Waals surface area (Å²) in [5, 5.41) is 13.3. The van der Waals surface area contributed by atoms with Crippen molar-refractivity contribution in [1.82, 2.24) is 0 Å². The second kappa shape index (κ2) is 5.89. The molecule has 0 aliphatic carbocycles. The summed E-state index contributed by atoms with van der Waals surface area (Å²) in [6.07, 6.45) is -0.0172. The molecule has 2 aromatic rings. The van der Waals surface area contributed by atoms with Crippen LogP contribution < -0.4 is 0 Å². The van der Waals surface area contributed by atoms with Gasteiger partial charge in [-0.25, -0.2) is 0 Å². The van der Waals surface area contributed by atoms with Crippen LogP contribution >= 0.6 is 57.1 Å². The van der Waals surface area contributed by atoms with E-state index in [0.29, 0.717) is 16.5 Å². The fourth-order valence-corrected chi connectivity index (χ4v) is 3.42. The molecule has 0 saturated heterocycles. The van der Waals surface area contributed by atoms with Gasteiger partial charge in [-0.1, -0.05) is 29.3 Å². The molecule has 1 aromatic carbocycles. The zero-order valence-electron chi connectivity index (χ0n) is 8.66. The van der Waals surface area contributed by atoms with Gasteiger partial charge >= 0.3 is 0 Å². The van der Waals surface area contributed by atoms with E-state index >= 15 is 0 Å². The highest BCUT2D eigenvalue weighted by Crippen LogP contribution is 2.28. The molecule has 1 N–H and O–H groups in total. The number of hydrogen-bond donors (Lipinski definition) is 1. The molecule has 2 rings (SSSR count). The first-order valence-corrected chi connectivity index (χ1v) is 7.63. The van der Waals surface area contributed by atoms with E-state index in [0.717, 1.165) is 11.1 Å². The smallest absolute Gasteiger partial charge is 0.0839 e. The molecule has 0 fully saturated rings. The first-order valence-electron chi connectivity index (χ1n) is 4.92. The summed E-state index contributed by atoms with van der Waals surface area (Å²) in [5.41, 5.74) is 1.84. The zero-order chi connectivity index (χ0) is 12.4. The molecular weight excluding hydrogens is 390 g/mol. The number of halogens is 3. The maximum atomic E-state index is 10.1. The Balaban J connectivity index is 2.15. The Morgan fingerprint density at radius 2 is 2.06 bits per heavy atom. The minimum atomic E-state index is -0.520. The third-order valence-corrected chi connectivity index (χ3v) is 4.80. The van der Waals surface area contributed by atoms with E-state index in [9.17, 15) is 5.11 Å². The first-order chi connectivity index (χ1) is 8.06. The molecule has 1 aromatic heterocycles. The number of aliphatic hydroxyl groups excluding tert-OH is 1. The van der Waals surface area contributed by atoms with Crippen LogP contribution in [-0.4, -0.2) is 5.11 Å². The summed E-state index contributed by atoms with van der Waals surface area (Å²) in [7, 11) is 0. The summed E-state index contributed by atoms with van der Waals surface area (Å²) < 4.78 is 1.17. The summed E-state index contributed by atoms with van der Waals surface area (Å²) in [6.45, 7) is 0. The molecule has 0 radical (unpaired) electrons. The monoisotopic (exact) mass is 398 g/mol. The van der Waals surface area contributed by atoms with Crippen LogP contribution in [0.1, 0.15) is 17.2 Å². The number of rotatable bonds is 3. The van der Waals surface area contributed by atoms with Gasteiger partial charge < -0.3 is 5.11 Å². The van der Waals surface area contributed by atoms with Crippen LogP contribution in [0.15, 0.2) is 29.6 Å². The molecule has 0 saturated carbocycles. The van der Waals surface area contributed by atoms with Gasteiger partial charge in [-0.2, -0.15) is 0 Å². The highest BCUT2D eigenvalue weighted by atomic mass is 127. The van der Waals surface area contributed by atoms with E-state index in [1.54, 1.807) is 23.5 Å². The Labute approximate surface area is 128 Å². The highest BCUT2D eigenvalue weighted by Gasteiger charge is 2.12. The lowest BCUT2D eigenvalue weighted by atomic mass is 10.0. The SMILES string of the molecule is OC(Cc1ccc(Cl)cc1Cl)c1csc(I)c1. The largest absolute Gasteiger partial charge is 0.388 e. The van der Waals surface area contributed by atoms with Crippen molar-refractivity contribution >= 4 is 57.1 Å². The van der Waals surface area contributed by atoms with Gasteiger partial charge in [-0.15, -0.1) is 11.3 Å². The molecular formula is C12H9Cl2IOS. The van der Waals surface area contributed by atoms with Gasteiger partial charge in [-0.05, 0) is 57.3 Å². The van der Waals surface area contributed by atoms with Gasteiger partial charge in [0.2, 0.25) is 0 Å². The van der Waals surface area contributed by atoms with Crippen molar-refractivity contribution in [2.75, 3.05) is 0 Å². The van der Waals surface area contributed by atoms with Crippen LogP contribution in [0.25, 0.3) is 0 Å². The predicted molar refractivity (Wildman–Crippen MR) is 82.2 cm³/mol. The normalized spacial score (nSPS) is 12.7. The Morgan fingerprint density at radius 1 is 1.29 bits per heavy atom. The first kappa shape index (κ1) is 13.6. The lowest BCUT2D eigenvalue weighted by Crippen LogP contribution is -2.00. The molecule has 1 heterocycles. The quantitative estimate of drug-likeness (QED) is 0.726. The minimum Gasteiger partial charge on any atom is -0.388 e. The summed E-state index contributed by atoms with van der Waals surface area (Å²) >= 11 is 15.8. The Hall–Kier alpha value is 0.190. The molecule has 0 aliphatic heterocycles. The maximum Gasteiger partial charge on any atom is 0.0839 e. The van der Waals surface area contributed by atoms with Gasteiger partial charge in [-0.3, -0.25) is 0 Å². The average Bonchev–Trinajstić information content (AvgIpc) is 2.69. The third-order valence-electron chi connectivity index (χ3n) is 2.40. The topological polar surface area (TPSA) is 20.2 Å². The molecule has 1 unspecified atom stereocenters. The molecule has 0 spiro atoms. The van der Waals surface area contributed by atoms with Crippen molar-refractivity contribution in [2.24, 2.45) is 0 Å². The summed E-state index contributed by atoms with van der Waals surface area (Å²) in [6, 6.07) is 7.32. The van der Waals surface area contributed by atoms with Crippen molar-refractivity contribution < 1.29 is 5.11 Å². The van der Waals surface area contributed by atoms with Gasteiger partial charge in [0.25, 0.3) is 0 Å². The van der Waals surface area contributed by atoms with Crippen molar-refractivity contribution in [3.8, 4) is 0 Å². The fourth-order valence-electron chi connectivity index (χ4n) is 1.51. The Bertz CT molecular complexity index is 527. The van der Waals surface area contributed by atoms with Crippen LogP contribution in [0.5, 0.6) is 0 Å². The second-order valence-electron chi connectivity index (χ2n) is 3.64. The van der Waals surface area contributed by atoms with Crippen LogP contribution in [0.3, 0.4) is 0 Å². The molecule has 90 valence electrons. The average molecular weight is 399 g/mol. The van der Waals surface area contributed by atoms with Crippen LogP contribution in [0.4, 0.5) is 0 Å². The van der Waals surface area contributed by atoms with Crippen molar-refractivity contribution in [3.05, 3.63) is 53.7 Å². The maximum absolute atomic E-state index is 10.1. The highest BCUT2D eigenvalue weighted by molar-refractivity contribution is 14.1. The van der Waals surface area contributed by atoms with Crippen LogP contribution in [0, 0.1) is 2.88 Å². The second-order valence-corrected chi connectivity index (χ2v) is 7.29. The lowest BCUT2D eigenvalue weighted by molar-refractivity contribution is 0.179. The number of thiophene rings is 1. The van der Waals surface area contributed by atoms with Crippen LogP contribution in [-0.2, 0) is 6.42 Å². The predicted octanol–water partition coefficient (Wildman–Crippen LogP) is 4.94. The standard InChI is InChI=1S/C12H9Cl2IOS/c13-9-2-1-7(10(14)5-9)3-11(16)8-4-12(15)17-6-8/h1-2,4-6,11,16H,3H2. The van der Waals surface area contributed by atoms with E-state index in [4.69, 9.17) is 23.2 Å². The summed E-state index contributed by atoms with van der Waals surface area (Å²) in [4.78, 5) is 0. The molecule has 17 heavy (non-hydrogen) atoms. The van der Waals surface area contributed by atoms with Crippen molar-refractivity contribution in [2.45, 2.75) is 12.5 Å². The van der Waals surface area contributed by atoms with Gasteiger partial charge in [0, 0.05) is 16.5 Å². The molecule has 1 nitrogen and oxygen atoms in total. The van der Waals surface area contributed by atoms with Crippen molar-refractivity contribution in [1.29, 1.82) is 0 Å². The molecule has 0 amide bonds. The molecule has 5 heteroatoms. The Kier molecular flexibility index (Phi) is 4.72. The third kappa shape index (κ3) is 3.58. The number of benzene rings is 1. The van der Waals surface area contributed by atoms with Gasteiger partial charge in [0.05, 0.1) is 8.99 Å². The Morgan fingerprint density at radius 3 is 2.65 bits per heavy atom. The van der Waals surface area contributed by atoms with Gasteiger partial charge in [0.15, 0.2) is 0 Å². The zero-order valence-corrected chi connectivity index (χ0v) is 13.1. The number of hydrogen-bond acceptors (Lipinski definition) is 2. The molecule has 0 aliphatic rings. The van der Waals surface area contributed by atoms with E-state index in [2.05, 4.69) is 22.6 Å². The van der Waals surface area contributed by atoms with Crippen LogP contribution in [0.2, 0.25) is 10.0 Å². The van der Waals surface area contributed by atoms with E-state index in [1.807, 2.05) is 17.5 Å². The van der Waals surface area contributed by atoms with Crippen molar-refractivity contribution in [3.63, 3.8) is 0 Å².